The van der Waals surface area contributed by atoms with Crippen LogP contribution in [0.25, 0.3) is 0 Å². The zero-order valence-corrected chi connectivity index (χ0v) is 12.1. The SMILES string of the molecule is CCCC(NC(=O)NCCc1ccc(Cl)cc1)C(=O)O. The van der Waals surface area contributed by atoms with E-state index in [1.54, 1.807) is 12.1 Å². The molecule has 6 heteroatoms. The zero-order valence-electron chi connectivity index (χ0n) is 11.4. The number of halogens is 1. The predicted molar refractivity (Wildman–Crippen MR) is 78.0 cm³/mol. The van der Waals surface area contributed by atoms with Gasteiger partial charge in [-0.3, -0.25) is 0 Å². The largest absolute Gasteiger partial charge is 0.480 e. The van der Waals surface area contributed by atoms with Gasteiger partial charge in [0, 0.05) is 11.6 Å². The van der Waals surface area contributed by atoms with E-state index in [2.05, 4.69) is 10.6 Å². The van der Waals surface area contributed by atoms with Crippen molar-refractivity contribution in [3.05, 3.63) is 34.9 Å². The monoisotopic (exact) mass is 298 g/mol. The van der Waals surface area contributed by atoms with Gasteiger partial charge in [-0.05, 0) is 30.5 Å². The van der Waals surface area contributed by atoms with Crippen molar-refractivity contribution in [3.63, 3.8) is 0 Å². The first kappa shape index (κ1) is 16.3. The van der Waals surface area contributed by atoms with Gasteiger partial charge in [0.05, 0.1) is 0 Å². The number of hydrogen-bond donors (Lipinski definition) is 3. The van der Waals surface area contributed by atoms with Crippen LogP contribution in [0.3, 0.4) is 0 Å². The summed E-state index contributed by atoms with van der Waals surface area (Å²) in [5.74, 6) is -1.01. The third kappa shape index (κ3) is 5.93. The average molecular weight is 299 g/mol. The Morgan fingerprint density at radius 2 is 1.95 bits per heavy atom. The predicted octanol–water partition coefficient (Wildman–Crippen LogP) is 2.43. The van der Waals surface area contributed by atoms with Crippen molar-refractivity contribution in [2.75, 3.05) is 6.54 Å². The highest BCUT2D eigenvalue weighted by molar-refractivity contribution is 6.30. The van der Waals surface area contributed by atoms with Crippen molar-refractivity contribution in [2.24, 2.45) is 0 Å². The molecule has 5 nitrogen and oxygen atoms in total. The van der Waals surface area contributed by atoms with Crippen molar-refractivity contribution in [2.45, 2.75) is 32.2 Å². The number of nitrogens with one attached hydrogen (secondary N) is 2. The van der Waals surface area contributed by atoms with E-state index in [0.717, 1.165) is 5.56 Å². The summed E-state index contributed by atoms with van der Waals surface area (Å²) in [6, 6.07) is 6.06. The van der Waals surface area contributed by atoms with Gasteiger partial charge in [-0.15, -0.1) is 0 Å². The van der Waals surface area contributed by atoms with Crippen LogP contribution in [0.2, 0.25) is 5.02 Å². The number of benzene rings is 1. The molecule has 0 heterocycles. The van der Waals surface area contributed by atoms with Crippen molar-refractivity contribution in [1.29, 1.82) is 0 Å². The van der Waals surface area contributed by atoms with Gasteiger partial charge >= 0.3 is 12.0 Å². The summed E-state index contributed by atoms with van der Waals surface area (Å²) in [5.41, 5.74) is 1.05. The van der Waals surface area contributed by atoms with Crippen molar-refractivity contribution in [1.82, 2.24) is 10.6 Å². The molecule has 0 aromatic heterocycles. The maximum absolute atomic E-state index is 11.6. The number of carbonyl (C=O) groups excluding carboxylic acids is 1. The Bertz CT molecular complexity index is 448. The molecule has 0 saturated carbocycles. The van der Waals surface area contributed by atoms with Crippen molar-refractivity contribution >= 4 is 23.6 Å². The number of carboxylic acid groups (broad SMARTS) is 1. The van der Waals surface area contributed by atoms with Gasteiger partial charge in [0.1, 0.15) is 6.04 Å². The molecular formula is C14H19ClN2O3. The second-order valence-electron chi connectivity index (χ2n) is 4.46. The van der Waals surface area contributed by atoms with Crippen molar-refractivity contribution < 1.29 is 14.7 Å². The molecule has 1 aromatic carbocycles. The third-order valence-corrected chi connectivity index (χ3v) is 3.05. The maximum Gasteiger partial charge on any atom is 0.326 e. The lowest BCUT2D eigenvalue weighted by Crippen LogP contribution is -2.46. The van der Waals surface area contributed by atoms with E-state index in [1.165, 1.54) is 0 Å². The Morgan fingerprint density at radius 1 is 1.30 bits per heavy atom. The number of urea groups is 1. The minimum atomic E-state index is -1.01. The second-order valence-corrected chi connectivity index (χ2v) is 4.89. The molecule has 1 aromatic rings. The summed E-state index contributed by atoms with van der Waals surface area (Å²) in [7, 11) is 0. The topological polar surface area (TPSA) is 78.4 Å². The van der Waals surface area contributed by atoms with Crippen LogP contribution in [-0.2, 0) is 11.2 Å². The summed E-state index contributed by atoms with van der Waals surface area (Å²) >= 11 is 5.78. The molecule has 0 aliphatic heterocycles. The quantitative estimate of drug-likeness (QED) is 0.723. The molecule has 0 fully saturated rings. The molecule has 20 heavy (non-hydrogen) atoms. The molecule has 0 aliphatic rings. The van der Waals surface area contributed by atoms with E-state index < -0.39 is 18.0 Å². The number of carbonyl (C=O) groups is 2. The summed E-state index contributed by atoms with van der Waals surface area (Å²) in [5, 5.41) is 14.7. The van der Waals surface area contributed by atoms with E-state index in [1.807, 2.05) is 19.1 Å². The van der Waals surface area contributed by atoms with Gasteiger partial charge in [-0.2, -0.15) is 0 Å². The molecule has 1 rings (SSSR count). The molecular weight excluding hydrogens is 280 g/mol. The van der Waals surface area contributed by atoms with Crippen LogP contribution >= 0.6 is 11.6 Å². The first-order chi connectivity index (χ1) is 9.52. The number of rotatable bonds is 7. The maximum atomic E-state index is 11.6. The van der Waals surface area contributed by atoms with Crippen LogP contribution < -0.4 is 10.6 Å². The van der Waals surface area contributed by atoms with Crippen LogP contribution in [0, 0.1) is 0 Å². The molecule has 2 amide bonds. The van der Waals surface area contributed by atoms with Crippen LogP contribution in [0.15, 0.2) is 24.3 Å². The standard InChI is InChI=1S/C14H19ClN2O3/c1-2-3-12(13(18)19)17-14(20)16-9-8-10-4-6-11(15)7-5-10/h4-7,12H,2-3,8-9H2,1H3,(H,18,19)(H2,16,17,20). The molecule has 0 spiro atoms. The Kier molecular flexibility index (Phi) is 6.87. The highest BCUT2D eigenvalue weighted by Gasteiger charge is 2.18. The molecule has 110 valence electrons. The number of carboxylic acids is 1. The highest BCUT2D eigenvalue weighted by atomic mass is 35.5. The summed E-state index contributed by atoms with van der Waals surface area (Å²) in [4.78, 5) is 22.5. The fourth-order valence-corrected chi connectivity index (χ4v) is 1.85. The minimum Gasteiger partial charge on any atom is -0.480 e. The molecule has 1 atom stereocenters. The molecule has 3 N–H and O–H groups in total. The fourth-order valence-electron chi connectivity index (χ4n) is 1.73. The second kappa shape index (κ2) is 8.43. The summed E-state index contributed by atoms with van der Waals surface area (Å²) in [6.45, 7) is 2.31. The van der Waals surface area contributed by atoms with E-state index in [0.29, 0.717) is 30.8 Å². The lowest BCUT2D eigenvalue weighted by atomic mass is 10.1. The van der Waals surface area contributed by atoms with Gasteiger partial charge in [0.2, 0.25) is 0 Å². The van der Waals surface area contributed by atoms with Gasteiger partial charge < -0.3 is 15.7 Å². The van der Waals surface area contributed by atoms with Crippen LogP contribution in [0.4, 0.5) is 4.79 Å². The van der Waals surface area contributed by atoms with Gasteiger partial charge in [-0.25, -0.2) is 9.59 Å². The Morgan fingerprint density at radius 3 is 2.50 bits per heavy atom. The smallest absolute Gasteiger partial charge is 0.326 e. The number of aliphatic carboxylic acids is 1. The molecule has 0 radical (unpaired) electrons. The normalized spacial score (nSPS) is 11.7. The van der Waals surface area contributed by atoms with Gasteiger partial charge in [0.15, 0.2) is 0 Å². The summed E-state index contributed by atoms with van der Waals surface area (Å²) < 4.78 is 0. The van der Waals surface area contributed by atoms with E-state index in [9.17, 15) is 9.59 Å². The van der Waals surface area contributed by atoms with Crippen LogP contribution in [-0.4, -0.2) is 29.7 Å². The van der Waals surface area contributed by atoms with E-state index in [-0.39, 0.29) is 0 Å². The minimum absolute atomic E-state index is 0.417. The van der Waals surface area contributed by atoms with E-state index in [4.69, 9.17) is 16.7 Å². The fraction of sp³-hybridized carbons (Fsp3) is 0.429. The number of hydrogen-bond acceptors (Lipinski definition) is 2. The average Bonchev–Trinajstić information content (AvgIpc) is 2.40. The summed E-state index contributed by atoms with van der Waals surface area (Å²) in [6.07, 6.45) is 1.78. The lowest BCUT2D eigenvalue weighted by molar-refractivity contribution is -0.139. The van der Waals surface area contributed by atoms with Crippen LogP contribution in [0.5, 0.6) is 0 Å². The number of amides is 2. The molecule has 0 bridgehead atoms. The zero-order chi connectivity index (χ0) is 15.0. The lowest BCUT2D eigenvalue weighted by Gasteiger charge is -2.14. The Labute approximate surface area is 123 Å². The van der Waals surface area contributed by atoms with Gasteiger partial charge in [-0.1, -0.05) is 37.1 Å². The Balaban J connectivity index is 2.32. The van der Waals surface area contributed by atoms with Crippen LogP contribution in [0.1, 0.15) is 25.3 Å². The van der Waals surface area contributed by atoms with E-state index >= 15 is 0 Å². The van der Waals surface area contributed by atoms with Gasteiger partial charge in [0.25, 0.3) is 0 Å². The first-order valence-corrected chi connectivity index (χ1v) is 6.92. The first-order valence-electron chi connectivity index (χ1n) is 6.54. The highest BCUT2D eigenvalue weighted by Crippen LogP contribution is 2.09. The molecule has 0 aliphatic carbocycles. The third-order valence-electron chi connectivity index (χ3n) is 2.79. The molecule has 1 unspecified atom stereocenters. The Hall–Kier alpha value is -1.75. The van der Waals surface area contributed by atoms with Crippen molar-refractivity contribution in [3.8, 4) is 0 Å². The molecule has 0 saturated heterocycles.